The predicted octanol–water partition coefficient (Wildman–Crippen LogP) is 6.45. The molecule has 1 unspecified atom stereocenters. The van der Waals surface area contributed by atoms with E-state index in [1.165, 1.54) is 11.3 Å². The summed E-state index contributed by atoms with van der Waals surface area (Å²) >= 11 is 6.53. The van der Waals surface area contributed by atoms with Crippen LogP contribution >= 0.6 is 18.7 Å². The second-order valence-corrected chi connectivity index (χ2v) is 20.8. The molecule has 64 heavy (non-hydrogen) atoms. The van der Waals surface area contributed by atoms with Gasteiger partial charge in [-0.25, -0.2) is 4.98 Å². The van der Waals surface area contributed by atoms with Gasteiger partial charge in [-0.2, -0.15) is 4.98 Å². The third kappa shape index (κ3) is 10.1. The van der Waals surface area contributed by atoms with Crippen molar-refractivity contribution in [2.45, 2.75) is 57.7 Å². The number of piperazine rings is 1. The van der Waals surface area contributed by atoms with Crippen LogP contribution in [0.5, 0.6) is 5.75 Å². The molecule has 0 aliphatic carbocycles. The molecular weight excluding hydrogens is 851 g/mol. The van der Waals surface area contributed by atoms with Crippen LogP contribution in [-0.2, 0) is 27.1 Å². The lowest BCUT2D eigenvalue weighted by atomic mass is 9.99. The number of hydrogen-bond acceptors (Lipinski definition) is 13. The van der Waals surface area contributed by atoms with Gasteiger partial charge in [0.1, 0.15) is 24.0 Å². The van der Waals surface area contributed by atoms with E-state index in [2.05, 4.69) is 77.1 Å². The molecule has 4 aliphatic rings. The fourth-order valence-electron chi connectivity index (χ4n) is 9.28. The molecule has 3 amide bonds. The summed E-state index contributed by atoms with van der Waals surface area (Å²) < 4.78 is 18.9. The van der Waals surface area contributed by atoms with E-state index in [0.29, 0.717) is 59.3 Å². The molecule has 3 saturated heterocycles. The number of methoxy groups -OCH3 is 1. The fourth-order valence-corrected chi connectivity index (χ4v) is 10.6. The molecule has 3 aromatic carbocycles. The highest BCUT2D eigenvalue weighted by molar-refractivity contribution is 7.70. The highest BCUT2D eigenvalue weighted by Gasteiger charge is 2.40. The number of nitrogens with one attached hydrogen (secondary N) is 4. The van der Waals surface area contributed by atoms with Crippen molar-refractivity contribution in [2.24, 2.45) is 0 Å². The van der Waals surface area contributed by atoms with Crippen LogP contribution in [0, 0.1) is 0 Å². The first kappa shape index (κ1) is 45.1. The van der Waals surface area contributed by atoms with E-state index in [4.69, 9.17) is 16.3 Å². The lowest BCUT2D eigenvalue weighted by Gasteiger charge is -2.43. The summed E-state index contributed by atoms with van der Waals surface area (Å²) in [5.74, 6) is 0.615. The molecule has 3 fully saturated rings. The third-order valence-electron chi connectivity index (χ3n) is 12.8. The van der Waals surface area contributed by atoms with E-state index in [1.54, 1.807) is 37.6 Å². The number of rotatable bonds is 15. The molecule has 0 radical (unpaired) electrons. The highest BCUT2D eigenvalue weighted by atomic mass is 35.5. The number of halogens is 1. The minimum atomic E-state index is -2.56. The minimum absolute atomic E-state index is 0.165. The number of nitrogens with zero attached hydrogens (tertiary/aromatic N) is 6. The maximum Gasteiger partial charge on any atom is 0.255 e. The molecule has 4 N–H and O–H groups in total. The zero-order valence-electron chi connectivity index (χ0n) is 37.0. The second kappa shape index (κ2) is 19.7. The van der Waals surface area contributed by atoms with Crippen molar-refractivity contribution < 1.29 is 23.7 Å². The zero-order chi connectivity index (χ0) is 45.0. The van der Waals surface area contributed by atoms with Crippen LogP contribution in [-0.4, -0.2) is 127 Å². The standard InChI is InChI=1S/C47H58ClN10O5P/c1-5-31-27-38(52-47-50-29-35(48)44(54-47)51-37-12-6-7-14-42(37)64(3,4)62)41(63-2)28-40(31)57-21-17-32(18-22-57)56-25-23-55(24-26-56)20-9-8-19-49-36-13-10-11-33-34(36)30-58(46(33)61)39-15-16-43(59)53-45(39)60/h6-14,27-29,32,39,49H,5,15-26,30H2,1-4H3,(H,53,59,60)(H2,50,51,52,54)/b9-8+. The second-order valence-electron chi connectivity index (χ2n) is 17.2. The van der Waals surface area contributed by atoms with Crippen LogP contribution in [0.1, 0.15) is 54.1 Å². The fraction of sp³-hybridized carbons (Fsp3) is 0.426. The molecule has 0 saturated carbocycles. The first-order chi connectivity index (χ1) is 30.9. The number of benzene rings is 3. The first-order valence-electron chi connectivity index (χ1n) is 22.2. The molecule has 15 nitrogen and oxygen atoms in total. The summed E-state index contributed by atoms with van der Waals surface area (Å²) in [5.41, 5.74) is 6.24. The summed E-state index contributed by atoms with van der Waals surface area (Å²) in [6, 6.07) is 17.3. The van der Waals surface area contributed by atoms with Gasteiger partial charge in [-0.3, -0.25) is 29.5 Å². The van der Waals surface area contributed by atoms with E-state index in [-0.39, 0.29) is 18.2 Å². The van der Waals surface area contributed by atoms with Gasteiger partial charge >= 0.3 is 0 Å². The molecule has 0 bridgehead atoms. The first-order valence-corrected chi connectivity index (χ1v) is 25.2. The van der Waals surface area contributed by atoms with Crippen LogP contribution < -0.4 is 36.2 Å². The number of para-hydroxylation sites is 1. The monoisotopic (exact) mass is 908 g/mol. The highest BCUT2D eigenvalue weighted by Crippen LogP contribution is 2.40. The number of imide groups is 1. The van der Waals surface area contributed by atoms with Crippen molar-refractivity contribution in [1.29, 1.82) is 0 Å². The van der Waals surface area contributed by atoms with Crippen molar-refractivity contribution >= 4 is 76.3 Å². The van der Waals surface area contributed by atoms with Crippen molar-refractivity contribution in [2.75, 3.05) is 93.6 Å². The summed E-state index contributed by atoms with van der Waals surface area (Å²) in [7, 11) is -0.880. The van der Waals surface area contributed by atoms with Crippen LogP contribution in [0.3, 0.4) is 0 Å². The van der Waals surface area contributed by atoms with Gasteiger partial charge in [0.25, 0.3) is 5.91 Å². The Hall–Kier alpha value is -5.47. The smallest absolute Gasteiger partial charge is 0.255 e. The average Bonchev–Trinajstić information content (AvgIpc) is 3.63. The predicted molar refractivity (Wildman–Crippen MR) is 255 cm³/mol. The Labute approximate surface area is 380 Å². The molecule has 5 heterocycles. The van der Waals surface area contributed by atoms with E-state index >= 15 is 0 Å². The quantitative estimate of drug-likeness (QED) is 0.0585. The van der Waals surface area contributed by atoms with Gasteiger partial charge in [0.2, 0.25) is 17.8 Å². The van der Waals surface area contributed by atoms with Crippen LogP contribution in [0.4, 0.5) is 34.5 Å². The number of aromatic nitrogens is 2. The molecule has 0 spiro atoms. The molecular formula is C47H58ClN10O5P. The summed E-state index contributed by atoms with van der Waals surface area (Å²) in [4.78, 5) is 55.7. The number of piperidine rings is 2. The number of fused-ring (bicyclic) bond motifs is 1. The van der Waals surface area contributed by atoms with Gasteiger partial charge < -0.3 is 35.1 Å². The van der Waals surface area contributed by atoms with E-state index in [0.717, 1.165) is 87.3 Å². The number of hydrogen-bond donors (Lipinski definition) is 4. The number of aryl methyl sites for hydroxylation is 1. The Kier molecular flexibility index (Phi) is 13.9. The average molecular weight is 909 g/mol. The molecule has 1 aromatic heterocycles. The maximum atomic E-state index is 13.2. The van der Waals surface area contributed by atoms with Crippen molar-refractivity contribution in [1.82, 2.24) is 30.0 Å². The summed E-state index contributed by atoms with van der Waals surface area (Å²) in [6.07, 6.45) is 9.53. The zero-order valence-corrected chi connectivity index (χ0v) is 38.7. The van der Waals surface area contributed by atoms with E-state index in [9.17, 15) is 18.9 Å². The normalized spacial score (nSPS) is 19.0. The van der Waals surface area contributed by atoms with Crippen molar-refractivity contribution in [3.63, 3.8) is 0 Å². The van der Waals surface area contributed by atoms with Crippen LogP contribution in [0.2, 0.25) is 5.02 Å². The van der Waals surface area contributed by atoms with E-state index in [1.807, 2.05) is 36.4 Å². The number of anilines is 6. The van der Waals surface area contributed by atoms with Crippen molar-refractivity contribution in [3.05, 3.63) is 94.7 Å². The van der Waals surface area contributed by atoms with Crippen LogP contribution in [0.25, 0.3) is 0 Å². The number of carbonyl (C=O) groups excluding carboxylic acids is 3. The lowest BCUT2D eigenvalue weighted by Crippen LogP contribution is -2.53. The van der Waals surface area contributed by atoms with Crippen molar-refractivity contribution in [3.8, 4) is 5.75 Å². The summed E-state index contributed by atoms with van der Waals surface area (Å²) in [5, 5.41) is 13.5. The molecule has 4 aromatic rings. The Morgan fingerprint density at radius 2 is 1.69 bits per heavy atom. The molecule has 1 atom stereocenters. The maximum absolute atomic E-state index is 13.2. The Morgan fingerprint density at radius 1 is 0.922 bits per heavy atom. The number of carbonyl (C=O) groups is 3. The molecule has 4 aliphatic heterocycles. The van der Waals surface area contributed by atoms with Gasteiger partial charge in [-0.15, -0.1) is 0 Å². The molecule has 17 heteroatoms. The van der Waals surface area contributed by atoms with Gasteiger partial charge in [0, 0.05) is 105 Å². The van der Waals surface area contributed by atoms with Gasteiger partial charge in [-0.05, 0) is 74.9 Å². The topological polar surface area (TPSA) is 164 Å². The van der Waals surface area contributed by atoms with E-state index < -0.39 is 19.1 Å². The van der Waals surface area contributed by atoms with Gasteiger partial charge in [-0.1, -0.05) is 48.9 Å². The third-order valence-corrected chi connectivity index (χ3v) is 14.6. The molecule has 338 valence electrons. The summed E-state index contributed by atoms with van der Waals surface area (Å²) in [6.45, 7) is 13.6. The Balaban J connectivity index is 0.805. The minimum Gasteiger partial charge on any atom is -0.494 e. The number of ether oxygens (including phenoxy) is 1. The SMILES string of the molecule is CCc1cc(Nc2ncc(Cl)c(Nc3ccccc3P(C)(C)=O)n2)c(OC)cc1N1CCC(N2CCN(C/C=C/CNc3cccc4c3CN(C3CCC(=O)NC3=O)C4=O)CC2)CC1. The molecule has 8 rings (SSSR count). The van der Waals surface area contributed by atoms with Gasteiger partial charge in [0.05, 0.1) is 24.7 Å². The Morgan fingerprint density at radius 3 is 2.42 bits per heavy atom. The van der Waals surface area contributed by atoms with Gasteiger partial charge in [0.15, 0.2) is 5.82 Å². The van der Waals surface area contributed by atoms with Crippen LogP contribution in [0.15, 0.2) is 72.9 Å². The number of amides is 3. The largest absolute Gasteiger partial charge is 0.494 e. The Bertz CT molecular complexity index is 2460. The lowest BCUT2D eigenvalue weighted by molar-refractivity contribution is -0.136.